The number of carbonyl (C=O) groups excluding carboxylic acids is 2. The molecule has 140 valence electrons. The van der Waals surface area contributed by atoms with E-state index < -0.39 is 0 Å². The zero-order valence-electron chi connectivity index (χ0n) is 15.4. The fourth-order valence-corrected chi connectivity index (χ4v) is 3.80. The highest BCUT2D eigenvalue weighted by atomic mass is 32.1. The standard InChI is InChI=1S/C18H20N6O2S/c1-22(2)18-21-13-9-11(5-6-14(13)27-18)20-16(25)15-12(10-19-23(15)3)17(26)24-7-4-8-24/h5-6,9-10H,4,7-8H2,1-3H3,(H,20,25). The minimum absolute atomic E-state index is 0.148. The molecule has 1 aromatic carbocycles. The van der Waals surface area contributed by atoms with Crippen molar-refractivity contribution >= 4 is 44.2 Å². The van der Waals surface area contributed by atoms with E-state index in [1.54, 1.807) is 23.3 Å². The SMILES string of the molecule is CN(C)c1nc2cc(NC(=O)c3c(C(=O)N4CCC4)cnn3C)ccc2s1. The van der Waals surface area contributed by atoms with Crippen molar-refractivity contribution in [3.63, 3.8) is 0 Å². The molecule has 3 aromatic rings. The first-order chi connectivity index (χ1) is 12.9. The van der Waals surface area contributed by atoms with E-state index in [0.29, 0.717) is 11.3 Å². The molecule has 0 atom stereocenters. The van der Waals surface area contributed by atoms with Gasteiger partial charge in [0.1, 0.15) is 5.69 Å². The number of amides is 2. The Morgan fingerprint density at radius 2 is 2.04 bits per heavy atom. The number of hydrogen-bond donors (Lipinski definition) is 1. The lowest BCUT2D eigenvalue weighted by Gasteiger charge is -2.30. The van der Waals surface area contributed by atoms with Gasteiger partial charge in [0.2, 0.25) is 0 Å². The first-order valence-electron chi connectivity index (χ1n) is 8.64. The average Bonchev–Trinajstić information content (AvgIpc) is 3.16. The van der Waals surface area contributed by atoms with Crippen LogP contribution in [-0.4, -0.2) is 58.7 Å². The van der Waals surface area contributed by atoms with Crippen molar-refractivity contribution in [1.82, 2.24) is 19.7 Å². The van der Waals surface area contributed by atoms with Gasteiger partial charge >= 0.3 is 0 Å². The molecule has 1 aliphatic rings. The second-order valence-corrected chi connectivity index (χ2v) is 7.71. The number of anilines is 2. The zero-order chi connectivity index (χ0) is 19.1. The van der Waals surface area contributed by atoms with Crippen molar-refractivity contribution in [1.29, 1.82) is 0 Å². The van der Waals surface area contributed by atoms with Crippen LogP contribution in [0.2, 0.25) is 0 Å². The summed E-state index contributed by atoms with van der Waals surface area (Å²) in [6.07, 6.45) is 2.46. The van der Waals surface area contributed by atoms with Crippen LogP contribution >= 0.6 is 11.3 Å². The Balaban J connectivity index is 1.60. The molecule has 0 bridgehead atoms. The summed E-state index contributed by atoms with van der Waals surface area (Å²) >= 11 is 1.59. The van der Waals surface area contributed by atoms with Crippen molar-refractivity contribution in [2.75, 3.05) is 37.4 Å². The summed E-state index contributed by atoms with van der Waals surface area (Å²) in [7, 11) is 5.55. The van der Waals surface area contributed by atoms with E-state index in [1.807, 2.05) is 37.2 Å². The molecule has 0 unspecified atom stereocenters. The largest absolute Gasteiger partial charge is 0.354 e. The number of benzene rings is 1. The number of aryl methyl sites for hydroxylation is 1. The molecule has 8 nitrogen and oxygen atoms in total. The highest BCUT2D eigenvalue weighted by Gasteiger charge is 2.28. The van der Waals surface area contributed by atoms with E-state index in [9.17, 15) is 9.59 Å². The summed E-state index contributed by atoms with van der Waals surface area (Å²) < 4.78 is 2.49. The number of thiazole rings is 1. The maximum atomic E-state index is 12.8. The molecule has 1 N–H and O–H groups in total. The van der Waals surface area contributed by atoms with Crippen LogP contribution in [0.3, 0.4) is 0 Å². The molecule has 27 heavy (non-hydrogen) atoms. The van der Waals surface area contributed by atoms with Gasteiger partial charge in [0.05, 0.1) is 22.0 Å². The van der Waals surface area contributed by atoms with Crippen LogP contribution < -0.4 is 10.2 Å². The molecule has 0 radical (unpaired) electrons. The van der Waals surface area contributed by atoms with Gasteiger partial charge in [-0.05, 0) is 24.6 Å². The van der Waals surface area contributed by atoms with Crippen LogP contribution in [0, 0.1) is 0 Å². The predicted octanol–water partition coefficient (Wildman–Crippen LogP) is 2.19. The number of likely N-dealkylation sites (tertiary alicyclic amines) is 1. The molecule has 2 aromatic heterocycles. The molecule has 3 heterocycles. The van der Waals surface area contributed by atoms with Crippen molar-refractivity contribution in [3.8, 4) is 0 Å². The predicted molar refractivity (Wildman–Crippen MR) is 106 cm³/mol. The Morgan fingerprint density at radius 1 is 1.26 bits per heavy atom. The highest BCUT2D eigenvalue weighted by molar-refractivity contribution is 7.22. The third-order valence-corrected chi connectivity index (χ3v) is 5.75. The summed E-state index contributed by atoms with van der Waals surface area (Å²) in [5.41, 5.74) is 2.05. The number of fused-ring (bicyclic) bond motifs is 1. The van der Waals surface area contributed by atoms with E-state index >= 15 is 0 Å². The number of aromatic nitrogens is 3. The van der Waals surface area contributed by atoms with Crippen LogP contribution in [-0.2, 0) is 7.05 Å². The third-order valence-electron chi connectivity index (χ3n) is 4.54. The first kappa shape index (κ1) is 17.5. The van der Waals surface area contributed by atoms with Crippen molar-refractivity contribution in [3.05, 3.63) is 35.7 Å². The van der Waals surface area contributed by atoms with Gasteiger partial charge in [0.25, 0.3) is 11.8 Å². The minimum atomic E-state index is -0.360. The first-order valence-corrected chi connectivity index (χ1v) is 9.46. The highest BCUT2D eigenvalue weighted by Crippen LogP contribution is 2.29. The molecule has 2 amide bonds. The van der Waals surface area contributed by atoms with E-state index in [0.717, 1.165) is 34.9 Å². The molecule has 9 heteroatoms. The molecule has 1 aliphatic heterocycles. The number of carbonyl (C=O) groups is 2. The van der Waals surface area contributed by atoms with Gasteiger partial charge in [-0.15, -0.1) is 0 Å². The monoisotopic (exact) mass is 384 g/mol. The van der Waals surface area contributed by atoms with E-state index in [2.05, 4.69) is 15.4 Å². The fourth-order valence-electron chi connectivity index (χ4n) is 2.93. The molecule has 1 saturated heterocycles. The van der Waals surface area contributed by atoms with Crippen LogP contribution in [0.1, 0.15) is 27.3 Å². The Hall–Kier alpha value is -2.94. The smallest absolute Gasteiger partial charge is 0.274 e. The molecular weight excluding hydrogens is 364 g/mol. The Kier molecular flexibility index (Phi) is 4.31. The van der Waals surface area contributed by atoms with Gasteiger partial charge in [-0.25, -0.2) is 4.98 Å². The van der Waals surface area contributed by atoms with Gasteiger partial charge in [-0.2, -0.15) is 5.10 Å². The van der Waals surface area contributed by atoms with Crippen LogP contribution in [0.5, 0.6) is 0 Å². The van der Waals surface area contributed by atoms with Crippen molar-refractivity contribution in [2.45, 2.75) is 6.42 Å². The quantitative estimate of drug-likeness (QED) is 0.746. The summed E-state index contributed by atoms with van der Waals surface area (Å²) in [5.74, 6) is -0.508. The lowest BCUT2D eigenvalue weighted by atomic mass is 10.1. The van der Waals surface area contributed by atoms with Gasteiger partial charge in [0.15, 0.2) is 5.13 Å². The topological polar surface area (TPSA) is 83.4 Å². The number of nitrogens with zero attached hydrogens (tertiary/aromatic N) is 5. The van der Waals surface area contributed by atoms with Gasteiger partial charge in [-0.3, -0.25) is 14.3 Å². The maximum Gasteiger partial charge on any atom is 0.274 e. The number of rotatable bonds is 4. The number of hydrogen-bond acceptors (Lipinski definition) is 6. The third kappa shape index (κ3) is 3.14. The minimum Gasteiger partial charge on any atom is -0.354 e. The fraction of sp³-hybridized carbons (Fsp3) is 0.333. The van der Waals surface area contributed by atoms with Crippen LogP contribution in [0.15, 0.2) is 24.4 Å². The summed E-state index contributed by atoms with van der Waals surface area (Å²) in [4.78, 5) is 33.6. The normalized spacial score (nSPS) is 13.5. The lowest BCUT2D eigenvalue weighted by Crippen LogP contribution is -2.42. The van der Waals surface area contributed by atoms with E-state index in [4.69, 9.17) is 0 Å². The van der Waals surface area contributed by atoms with Crippen molar-refractivity contribution in [2.24, 2.45) is 7.05 Å². The molecular formula is C18H20N6O2S. The van der Waals surface area contributed by atoms with Crippen LogP contribution in [0.4, 0.5) is 10.8 Å². The van der Waals surface area contributed by atoms with Gasteiger partial charge in [0, 0.05) is 39.9 Å². The second-order valence-electron chi connectivity index (χ2n) is 6.70. The van der Waals surface area contributed by atoms with E-state index in [1.165, 1.54) is 10.9 Å². The lowest BCUT2D eigenvalue weighted by molar-refractivity contribution is 0.0648. The number of nitrogens with one attached hydrogen (secondary N) is 1. The van der Waals surface area contributed by atoms with E-state index in [-0.39, 0.29) is 17.5 Å². The average molecular weight is 384 g/mol. The van der Waals surface area contributed by atoms with Gasteiger partial charge < -0.3 is 15.1 Å². The summed E-state index contributed by atoms with van der Waals surface area (Å²) in [5, 5.41) is 7.88. The van der Waals surface area contributed by atoms with Crippen molar-refractivity contribution < 1.29 is 9.59 Å². The second kappa shape index (κ2) is 6.66. The molecule has 0 aliphatic carbocycles. The summed E-state index contributed by atoms with van der Waals surface area (Å²) in [6, 6.07) is 5.61. The van der Waals surface area contributed by atoms with Gasteiger partial charge in [-0.1, -0.05) is 11.3 Å². The molecule has 0 saturated carbocycles. The summed E-state index contributed by atoms with van der Waals surface area (Å²) in [6.45, 7) is 1.45. The Bertz CT molecular complexity index is 1030. The zero-order valence-corrected chi connectivity index (χ0v) is 16.2. The Morgan fingerprint density at radius 3 is 2.70 bits per heavy atom. The molecule has 1 fully saturated rings. The Labute approximate surface area is 160 Å². The molecule has 0 spiro atoms. The molecule has 4 rings (SSSR count). The van der Waals surface area contributed by atoms with Crippen LogP contribution in [0.25, 0.3) is 10.2 Å². The maximum absolute atomic E-state index is 12.8.